The summed E-state index contributed by atoms with van der Waals surface area (Å²) in [7, 11) is -7.50. The predicted octanol–water partition coefficient (Wildman–Crippen LogP) is 4.05. The van der Waals surface area contributed by atoms with Gasteiger partial charge in [0.2, 0.25) is 10.0 Å². The molecular formula is C23H22FN3O4S2. The van der Waals surface area contributed by atoms with Gasteiger partial charge in [-0.05, 0) is 42.3 Å². The van der Waals surface area contributed by atoms with Crippen molar-refractivity contribution in [1.29, 1.82) is 0 Å². The third-order valence-corrected chi connectivity index (χ3v) is 7.72. The van der Waals surface area contributed by atoms with Gasteiger partial charge in [-0.1, -0.05) is 48.5 Å². The fourth-order valence-corrected chi connectivity index (χ4v) is 5.97. The highest BCUT2D eigenvalue weighted by Crippen LogP contribution is 2.38. The Morgan fingerprint density at radius 2 is 1.58 bits per heavy atom. The molecule has 1 aliphatic rings. The highest BCUT2D eigenvalue weighted by Gasteiger charge is 2.39. The van der Waals surface area contributed by atoms with Gasteiger partial charge < -0.3 is 0 Å². The Kier molecular flexibility index (Phi) is 5.98. The summed E-state index contributed by atoms with van der Waals surface area (Å²) in [4.78, 5) is 0.101. The molecule has 0 saturated heterocycles. The number of rotatable bonds is 6. The van der Waals surface area contributed by atoms with Crippen molar-refractivity contribution in [2.75, 3.05) is 11.0 Å². The molecule has 0 bridgehead atoms. The van der Waals surface area contributed by atoms with Crippen LogP contribution in [0.5, 0.6) is 0 Å². The summed E-state index contributed by atoms with van der Waals surface area (Å²) < 4.78 is 68.0. The summed E-state index contributed by atoms with van der Waals surface area (Å²) in [6, 6.07) is 18.2. The molecule has 0 amide bonds. The highest BCUT2D eigenvalue weighted by molar-refractivity contribution is 7.92. The molecule has 4 rings (SSSR count). The second-order valence-electron chi connectivity index (χ2n) is 7.78. The Morgan fingerprint density at radius 3 is 2.21 bits per heavy atom. The zero-order valence-electron chi connectivity index (χ0n) is 17.9. The molecule has 10 heteroatoms. The highest BCUT2D eigenvalue weighted by atomic mass is 32.2. The molecule has 3 aromatic rings. The topological polar surface area (TPSA) is 95.9 Å². The number of sulfonamides is 2. The Bertz CT molecular complexity index is 1440. The molecule has 3 aromatic carbocycles. The van der Waals surface area contributed by atoms with Crippen LogP contribution in [-0.4, -0.2) is 33.2 Å². The minimum absolute atomic E-state index is 0.101. The quantitative estimate of drug-likeness (QED) is 0.568. The van der Waals surface area contributed by atoms with E-state index in [1.54, 1.807) is 67.6 Å². The SMILES string of the molecule is Cc1ccccc1S(=O)(=O)N1N=C(c2ccc(NS(C)(=O)=O)cc2)CC1c1ccccc1F. The number of benzene rings is 3. The van der Waals surface area contributed by atoms with E-state index >= 15 is 0 Å². The van der Waals surface area contributed by atoms with Gasteiger partial charge in [0.15, 0.2) is 0 Å². The molecule has 0 aliphatic carbocycles. The van der Waals surface area contributed by atoms with Crippen LogP contribution in [-0.2, 0) is 20.0 Å². The number of anilines is 1. The van der Waals surface area contributed by atoms with E-state index in [2.05, 4.69) is 9.82 Å². The van der Waals surface area contributed by atoms with E-state index < -0.39 is 31.9 Å². The molecule has 1 atom stereocenters. The van der Waals surface area contributed by atoms with Crippen LogP contribution in [0.15, 0.2) is 82.8 Å². The van der Waals surface area contributed by atoms with E-state index in [9.17, 15) is 21.2 Å². The van der Waals surface area contributed by atoms with Crippen LogP contribution in [0.1, 0.15) is 29.2 Å². The molecular weight excluding hydrogens is 465 g/mol. The first-order valence-electron chi connectivity index (χ1n) is 10.1. The fourth-order valence-electron chi connectivity index (χ4n) is 3.75. The van der Waals surface area contributed by atoms with E-state index in [0.29, 0.717) is 22.5 Å². The monoisotopic (exact) mass is 487 g/mol. The number of hydrogen-bond donors (Lipinski definition) is 1. The second kappa shape index (κ2) is 8.60. The molecule has 1 N–H and O–H groups in total. The van der Waals surface area contributed by atoms with E-state index in [1.165, 1.54) is 12.1 Å². The average Bonchev–Trinajstić information content (AvgIpc) is 3.20. The smallest absolute Gasteiger partial charge is 0.279 e. The van der Waals surface area contributed by atoms with Crippen LogP contribution in [0, 0.1) is 12.7 Å². The van der Waals surface area contributed by atoms with E-state index in [1.807, 2.05) is 0 Å². The zero-order valence-corrected chi connectivity index (χ0v) is 19.6. The lowest BCUT2D eigenvalue weighted by Crippen LogP contribution is -2.28. The molecule has 0 spiro atoms. The number of aryl methyl sites for hydroxylation is 1. The maximum atomic E-state index is 14.7. The van der Waals surface area contributed by atoms with Crippen molar-refractivity contribution in [2.45, 2.75) is 24.3 Å². The van der Waals surface area contributed by atoms with Crippen molar-refractivity contribution in [2.24, 2.45) is 5.10 Å². The lowest BCUT2D eigenvalue weighted by atomic mass is 9.99. The van der Waals surface area contributed by atoms with E-state index in [4.69, 9.17) is 0 Å². The second-order valence-corrected chi connectivity index (χ2v) is 11.3. The molecule has 0 radical (unpaired) electrons. The zero-order chi connectivity index (χ0) is 23.8. The van der Waals surface area contributed by atoms with Crippen molar-refractivity contribution in [3.05, 3.63) is 95.3 Å². The van der Waals surface area contributed by atoms with Gasteiger partial charge in [-0.2, -0.15) is 17.9 Å². The van der Waals surface area contributed by atoms with Crippen molar-refractivity contribution in [3.63, 3.8) is 0 Å². The molecule has 0 fully saturated rings. The summed E-state index contributed by atoms with van der Waals surface area (Å²) in [5.41, 5.74) is 2.22. The van der Waals surface area contributed by atoms with Gasteiger partial charge in [-0.15, -0.1) is 0 Å². The molecule has 7 nitrogen and oxygen atoms in total. The van der Waals surface area contributed by atoms with Gasteiger partial charge in [0.25, 0.3) is 10.0 Å². The van der Waals surface area contributed by atoms with Crippen LogP contribution >= 0.6 is 0 Å². The Hall–Kier alpha value is -3.24. The third kappa shape index (κ3) is 4.76. The van der Waals surface area contributed by atoms with Crippen LogP contribution in [0.2, 0.25) is 0 Å². The summed E-state index contributed by atoms with van der Waals surface area (Å²) in [5.74, 6) is -0.517. The molecule has 1 aliphatic heterocycles. The lowest BCUT2D eigenvalue weighted by molar-refractivity contribution is 0.362. The van der Waals surface area contributed by atoms with Crippen LogP contribution in [0.25, 0.3) is 0 Å². The molecule has 33 heavy (non-hydrogen) atoms. The van der Waals surface area contributed by atoms with Gasteiger partial charge >= 0.3 is 0 Å². The van der Waals surface area contributed by atoms with Crippen LogP contribution in [0.4, 0.5) is 10.1 Å². The van der Waals surface area contributed by atoms with Crippen molar-refractivity contribution < 1.29 is 21.2 Å². The number of nitrogens with one attached hydrogen (secondary N) is 1. The Balaban J connectivity index is 1.77. The Labute approximate surface area is 192 Å². The number of nitrogens with zero attached hydrogens (tertiary/aromatic N) is 2. The molecule has 172 valence electrons. The predicted molar refractivity (Wildman–Crippen MR) is 125 cm³/mol. The normalized spacial score (nSPS) is 16.5. The van der Waals surface area contributed by atoms with Crippen LogP contribution in [0.3, 0.4) is 0 Å². The lowest BCUT2D eigenvalue weighted by Gasteiger charge is -2.24. The summed E-state index contributed by atoms with van der Waals surface area (Å²) in [6.45, 7) is 1.69. The van der Waals surface area contributed by atoms with Gasteiger partial charge in [0.05, 0.1) is 22.9 Å². The maximum Gasteiger partial charge on any atom is 0.279 e. The fraction of sp³-hybridized carbons (Fsp3) is 0.174. The molecule has 1 unspecified atom stereocenters. The first-order chi connectivity index (χ1) is 15.6. The molecule has 0 saturated carbocycles. The van der Waals surface area contributed by atoms with Crippen molar-refractivity contribution in [3.8, 4) is 0 Å². The van der Waals surface area contributed by atoms with Gasteiger partial charge in [-0.25, -0.2) is 12.8 Å². The van der Waals surface area contributed by atoms with E-state index in [0.717, 1.165) is 10.7 Å². The largest absolute Gasteiger partial charge is 0.284 e. The van der Waals surface area contributed by atoms with Gasteiger partial charge in [0.1, 0.15) is 5.82 Å². The van der Waals surface area contributed by atoms with Crippen molar-refractivity contribution >= 4 is 31.4 Å². The molecule has 1 heterocycles. The first kappa shape index (κ1) is 22.9. The van der Waals surface area contributed by atoms with Crippen molar-refractivity contribution in [1.82, 2.24) is 4.41 Å². The van der Waals surface area contributed by atoms with E-state index in [-0.39, 0.29) is 16.9 Å². The summed E-state index contributed by atoms with van der Waals surface area (Å²) in [6.07, 6.45) is 1.21. The summed E-state index contributed by atoms with van der Waals surface area (Å²) in [5, 5.41) is 4.41. The minimum atomic E-state index is -4.07. The molecule has 0 aromatic heterocycles. The van der Waals surface area contributed by atoms with Gasteiger partial charge in [0, 0.05) is 17.7 Å². The number of hydrogen-bond acceptors (Lipinski definition) is 5. The number of hydrazone groups is 1. The number of halogens is 1. The summed E-state index contributed by atoms with van der Waals surface area (Å²) >= 11 is 0. The van der Waals surface area contributed by atoms with Gasteiger partial charge in [-0.3, -0.25) is 4.72 Å². The van der Waals surface area contributed by atoms with Crippen LogP contribution < -0.4 is 4.72 Å². The first-order valence-corrected chi connectivity index (χ1v) is 13.4. The minimum Gasteiger partial charge on any atom is -0.284 e. The maximum absolute atomic E-state index is 14.7. The third-order valence-electron chi connectivity index (χ3n) is 5.28. The Morgan fingerprint density at radius 1 is 0.939 bits per heavy atom. The standard InChI is InChI=1S/C23H22FN3O4S2/c1-16-7-3-6-10-23(16)33(30,31)27-22(19-8-4-5-9-20(19)24)15-21(25-27)17-11-13-18(14-12-17)26-32(2,28)29/h3-14,22,26H,15H2,1-2H3. The average molecular weight is 488 g/mol.